The highest BCUT2D eigenvalue weighted by atomic mass is 15.1. The van der Waals surface area contributed by atoms with Gasteiger partial charge in [0.2, 0.25) is 0 Å². The zero-order valence-corrected chi connectivity index (χ0v) is 10.2. The van der Waals surface area contributed by atoms with Crippen LogP contribution in [0.25, 0.3) is 6.08 Å². The monoisotopic (exact) mass is 219 g/mol. The summed E-state index contributed by atoms with van der Waals surface area (Å²) in [7, 11) is 0. The van der Waals surface area contributed by atoms with E-state index in [-0.39, 0.29) is 0 Å². The fraction of sp³-hybridized carbons (Fsp3) is 0.615. The van der Waals surface area contributed by atoms with E-state index in [0.29, 0.717) is 12.0 Å². The van der Waals surface area contributed by atoms with Gasteiger partial charge in [-0.2, -0.15) is 0 Å². The largest absolute Gasteiger partial charge is 0.328 e. The number of rotatable bonds is 6. The molecule has 0 saturated heterocycles. The number of nitrogens with one attached hydrogen (secondary N) is 1. The van der Waals surface area contributed by atoms with Crippen LogP contribution >= 0.6 is 0 Å². The van der Waals surface area contributed by atoms with Crippen LogP contribution in [0.4, 0.5) is 0 Å². The maximum absolute atomic E-state index is 4.20. The van der Waals surface area contributed by atoms with Crippen molar-refractivity contribution >= 4 is 6.08 Å². The van der Waals surface area contributed by atoms with E-state index in [9.17, 15) is 0 Å². The Bertz CT molecular complexity index is 348. The van der Waals surface area contributed by atoms with Crippen molar-refractivity contribution in [3.05, 3.63) is 24.3 Å². The molecule has 1 aromatic heterocycles. The number of hydrogen-bond acceptors (Lipinski definition) is 2. The van der Waals surface area contributed by atoms with E-state index >= 15 is 0 Å². The molecule has 2 rings (SSSR count). The van der Waals surface area contributed by atoms with Crippen molar-refractivity contribution in [2.45, 2.75) is 32.7 Å². The average molecular weight is 219 g/mol. The first kappa shape index (κ1) is 11.4. The molecule has 1 fully saturated rings. The fourth-order valence-electron chi connectivity index (χ4n) is 1.74. The molecular weight excluding hydrogens is 198 g/mol. The Morgan fingerprint density at radius 2 is 2.38 bits per heavy atom. The minimum absolute atomic E-state index is 0.713. The lowest BCUT2D eigenvalue weighted by molar-refractivity contribution is 0.577. The first-order valence-electron chi connectivity index (χ1n) is 6.16. The molecule has 3 heteroatoms. The van der Waals surface area contributed by atoms with Gasteiger partial charge in [0.25, 0.3) is 0 Å². The Morgan fingerprint density at radius 3 is 3.06 bits per heavy atom. The summed E-state index contributed by atoms with van der Waals surface area (Å²) in [6.07, 6.45) is 10.8. The summed E-state index contributed by atoms with van der Waals surface area (Å²) in [5.41, 5.74) is 1.23. The third-order valence-electron chi connectivity index (χ3n) is 2.74. The molecule has 0 bridgehead atoms. The van der Waals surface area contributed by atoms with Crippen LogP contribution in [0.2, 0.25) is 0 Å². The Hall–Kier alpha value is -1.09. The van der Waals surface area contributed by atoms with Gasteiger partial charge in [-0.3, -0.25) is 0 Å². The molecular formula is C13H21N3. The van der Waals surface area contributed by atoms with Crippen molar-refractivity contribution in [2.75, 3.05) is 13.1 Å². The lowest BCUT2D eigenvalue weighted by Gasteiger charge is -2.04. The summed E-state index contributed by atoms with van der Waals surface area (Å²) in [6.45, 7) is 6.46. The molecule has 0 spiro atoms. The van der Waals surface area contributed by atoms with Gasteiger partial charge in [-0.15, -0.1) is 0 Å². The molecule has 0 unspecified atom stereocenters. The van der Waals surface area contributed by atoms with Crippen LogP contribution in [0.1, 0.15) is 38.4 Å². The lowest BCUT2D eigenvalue weighted by Crippen LogP contribution is -2.19. The highest BCUT2D eigenvalue weighted by Gasteiger charge is 2.24. The second-order valence-electron chi connectivity index (χ2n) is 4.91. The summed E-state index contributed by atoms with van der Waals surface area (Å²) in [4.78, 5) is 4.20. The summed E-state index contributed by atoms with van der Waals surface area (Å²) < 4.78 is 2.28. The van der Waals surface area contributed by atoms with Crippen LogP contribution in [0.15, 0.2) is 18.6 Å². The molecule has 88 valence electrons. The molecule has 0 atom stereocenters. The zero-order chi connectivity index (χ0) is 11.4. The lowest BCUT2D eigenvalue weighted by atomic mass is 10.2. The Balaban J connectivity index is 1.79. The average Bonchev–Trinajstić information content (AvgIpc) is 2.98. The second-order valence-corrected chi connectivity index (χ2v) is 4.91. The van der Waals surface area contributed by atoms with Crippen molar-refractivity contribution in [1.29, 1.82) is 0 Å². The number of nitrogens with zero attached hydrogens (tertiary/aromatic N) is 2. The Morgan fingerprint density at radius 1 is 1.56 bits per heavy atom. The molecule has 1 saturated carbocycles. The molecule has 0 aliphatic heterocycles. The van der Waals surface area contributed by atoms with Crippen LogP contribution in [-0.4, -0.2) is 22.6 Å². The SMILES string of the molecule is CC(C)CNCC=Cc1cncn1C1CC1. The van der Waals surface area contributed by atoms with Gasteiger partial charge in [-0.05, 0) is 31.4 Å². The fourth-order valence-corrected chi connectivity index (χ4v) is 1.74. The van der Waals surface area contributed by atoms with Crippen molar-refractivity contribution < 1.29 is 0 Å². The highest BCUT2D eigenvalue weighted by Crippen LogP contribution is 2.35. The molecule has 3 nitrogen and oxygen atoms in total. The van der Waals surface area contributed by atoms with Gasteiger partial charge in [0.05, 0.1) is 18.2 Å². The molecule has 1 aliphatic rings. The number of imidazole rings is 1. The van der Waals surface area contributed by atoms with E-state index < -0.39 is 0 Å². The van der Waals surface area contributed by atoms with Gasteiger partial charge in [-0.25, -0.2) is 4.98 Å². The number of aromatic nitrogens is 2. The molecule has 0 aromatic carbocycles. The van der Waals surface area contributed by atoms with E-state index in [1.807, 2.05) is 12.5 Å². The zero-order valence-electron chi connectivity index (χ0n) is 10.2. The molecule has 0 radical (unpaired) electrons. The van der Waals surface area contributed by atoms with E-state index in [2.05, 4.69) is 40.9 Å². The van der Waals surface area contributed by atoms with E-state index in [0.717, 1.165) is 13.1 Å². The summed E-state index contributed by atoms with van der Waals surface area (Å²) in [5.74, 6) is 0.713. The second kappa shape index (κ2) is 5.30. The maximum atomic E-state index is 4.20. The third-order valence-corrected chi connectivity index (χ3v) is 2.74. The van der Waals surface area contributed by atoms with Crippen LogP contribution in [0.5, 0.6) is 0 Å². The highest BCUT2D eigenvalue weighted by molar-refractivity contribution is 5.44. The minimum atomic E-state index is 0.713. The summed E-state index contributed by atoms with van der Waals surface area (Å²) in [5, 5.41) is 3.40. The first-order valence-corrected chi connectivity index (χ1v) is 6.16. The topological polar surface area (TPSA) is 29.9 Å². The number of hydrogen-bond donors (Lipinski definition) is 1. The molecule has 16 heavy (non-hydrogen) atoms. The van der Waals surface area contributed by atoms with Gasteiger partial charge in [0, 0.05) is 12.6 Å². The molecule has 1 heterocycles. The van der Waals surface area contributed by atoms with Gasteiger partial charge >= 0.3 is 0 Å². The van der Waals surface area contributed by atoms with Crippen molar-refractivity contribution in [3.63, 3.8) is 0 Å². The van der Waals surface area contributed by atoms with Gasteiger partial charge in [0.15, 0.2) is 0 Å². The predicted molar refractivity (Wildman–Crippen MR) is 67.2 cm³/mol. The minimum Gasteiger partial charge on any atom is -0.328 e. The van der Waals surface area contributed by atoms with E-state index in [4.69, 9.17) is 0 Å². The molecule has 1 aromatic rings. The summed E-state index contributed by atoms with van der Waals surface area (Å²) in [6, 6.07) is 0.714. The Kier molecular flexibility index (Phi) is 3.78. The molecule has 0 amide bonds. The van der Waals surface area contributed by atoms with Gasteiger partial charge in [-0.1, -0.05) is 19.9 Å². The van der Waals surface area contributed by atoms with Crippen LogP contribution in [0, 0.1) is 5.92 Å². The normalized spacial score (nSPS) is 16.4. The quantitative estimate of drug-likeness (QED) is 0.745. The maximum Gasteiger partial charge on any atom is 0.0953 e. The smallest absolute Gasteiger partial charge is 0.0953 e. The van der Waals surface area contributed by atoms with E-state index in [1.165, 1.54) is 18.5 Å². The van der Waals surface area contributed by atoms with Gasteiger partial charge < -0.3 is 9.88 Å². The van der Waals surface area contributed by atoms with Crippen LogP contribution in [0.3, 0.4) is 0 Å². The predicted octanol–water partition coefficient (Wildman–Crippen LogP) is 2.48. The first-order chi connectivity index (χ1) is 7.77. The molecule has 1 N–H and O–H groups in total. The standard InChI is InChI=1S/C13H21N3/c1-11(2)8-14-7-3-4-13-9-15-10-16(13)12-5-6-12/h3-4,9-12,14H,5-8H2,1-2H3. The van der Waals surface area contributed by atoms with Crippen LogP contribution in [-0.2, 0) is 0 Å². The van der Waals surface area contributed by atoms with Crippen molar-refractivity contribution in [3.8, 4) is 0 Å². The Labute approximate surface area is 97.6 Å². The van der Waals surface area contributed by atoms with Crippen molar-refractivity contribution in [2.24, 2.45) is 5.92 Å². The van der Waals surface area contributed by atoms with Gasteiger partial charge in [0.1, 0.15) is 0 Å². The van der Waals surface area contributed by atoms with Crippen LogP contribution < -0.4 is 5.32 Å². The summed E-state index contributed by atoms with van der Waals surface area (Å²) >= 11 is 0. The van der Waals surface area contributed by atoms with E-state index in [1.54, 1.807) is 0 Å². The van der Waals surface area contributed by atoms with Crippen molar-refractivity contribution in [1.82, 2.24) is 14.9 Å². The third kappa shape index (κ3) is 3.20. The molecule has 1 aliphatic carbocycles.